The van der Waals surface area contributed by atoms with E-state index in [1.807, 2.05) is 19.0 Å². The van der Waals surface area contributed by atoms with E-state index in [2.05, 4.69) is 9.97 Å². The fraction of sp³-hybridized carbons (Fsp3) is 0.217. The topological polar surface area (TPSA) is 136 Å². The SMILES string of the molecule is CN(C)CCOc1cc(S(C)(=O)=O)ccc1C(=O)N(c1ccc(Cl)cn1)c1cccnc1C(N)=O.Cl. The van der Waals surface area contributed by atoms with E-state index < -0.39 is 21.7 Å². The number of sulfone groups is 1. The lowest BCUT2D eigenvalue weighted by Crippen LogP contribution is -2.30. The molecule has 3 rings (SSSR count). The molecule has 0 aliphatic carbocycles. The normalized spacial score (nSPS) is 11.0. The molecule has 0 radical (unpaired) electrons. The number of aromatic nitrogens is 2. The Morgan fingerprint density at radius 3 is 2.42 bits per heavy atom. The molecular weight excluding hydrogens is 529 g/mol. The van der Waals surface area contributed by atoms with Gasteiger partial charge < -0.3 is 15.4 Å². The van der Waals surface area contributed by atoms with Crippen molar-refractivity contribution in [2.24, 2.45) is 5.73 Å². The van der Waals surface area contributed by atoms with E-state index in [-0.39, 0.29) is 52.4 Å². The number of halogens is 2. The number of pyridine rings is 2. The second-order valence-electron chi connectivity index (χ2n) is 7.79. The van der Waals surface area contributed by atoms with Crippen molar-refractivity contribution >= 4 is 57.2 Å². The van der Waals surface area contributed by atoms with E-state index in [4.69, 9.17) is 22.1 Å². The number of benzene rings is 1. The van der Waals surface area contributed by atoms with Crippen molar-refractivity contribution in [2.75, 3.05) is 38.4 Å². The van der Waals surface area contributed by atoms with Crippen molar-refractivity contribution in [3.63, 3.8) is 0 Å². The van der Waals surface area contributed by atoms with Crippen LogP contribution in [-0.4, -0.2) is 68.6 Å². The van der Waals surface area contributed by atoms with Crippen molar-refractivity contribution in [2.45, 2.75) is 4.90 Å². The van der Waals surface area contributed by atoms with Gasteiger partial charge in [0.1, 0.15) is 18.2 Å². The Hall–Kier alpha value is -3.25. The van der Waals surface area contributed by atoms with Crippen LogP contribution in [0.1, 0.15) is 20.8 Å². The summed E-state index contributed by atoms with van der Waals surface area (Å²) < 4.78 is 30.1. The van der Waals surface area contributed by atoms with Crippen LogP contribution in [0, 0.1) is 0 Å². The highest BCUT2D eigenvalue weighted by Gasteiger charge is 2.28. The van der Waals surface area contributed by atoms with E-state index in [9.17, 15) is 18.0 Å². The van der Waals surface area contributed by atoms with Crippen LogP contribution in [-0.2, 0) is 9.84 Å². The maximum absolute atomic E-state index is 13.9. The van der Waals surface area contributed by atoms with Gasteiger partial charge in [-0.1, -0.05) is 11.6 Å². The van der Waals surface area contributed by atoms with Crippen LogP contribution in [0.2, 0.25) is 5.02 Å². The molecule has 10 nitrogen and oxygen atoms in total. The van der Waals surface area contributed by atoms with Gasteiger partial charge in [0.2, 0.25) is 0 Å². The molecule has 0 aliphatic heterocycles. The van der Waals surface area contributed by atoms with Gasteiger partial charge in [-0.3, -0.25) is 14.5 Å². The minimum Gasteiger partial charge on any atom is -0.491 e. The van der Waals surface area contributed by atoms with Gasteiger partial charge >= 0.3 is 0 Å². The standard InChI is InChI=1S/C23H24ClN5O5S.ClH/c1-28(2)11-12-34-19-13-16(35(3,32)33)7-8-17(19)23(31)29(20-9-6-15(24)14-27-20)18-5-4-10-26-21(18)22(25)30;/h4-10,13-14H,11-12H2,1-3H3,(H2,25,30);1H. The average molecular weight is 554 g/mol. The Labute approximate surface area is 220 Å². The van der Waals surface area contributed by atoms with Crippen molar-refractivity contribution in [1.29, 1.82) is 0 Å². The number of primary amides is 1. The summed E-state index contributed by atoms with van der Waals surface area (Å²) in [5, 5.41) is 0.340. The highest BCUT2D eigenvalue weighted by atomic mass is 35.5. The Morgan fingerprint density at radius 1 is 1.11 bits per heavy atom. The van der Waals surface area contributed by atoms with E-state index in [0.29, 0.717) is 11.6 Å². The molecule has 0 fully saturated rings. The quantitative estimate of drug-likeness (QED) is 0.427. The zero-order valence-corrected chi connectivity index (χ0v) is 22.1. The summed E-state index contributed by atoms with van der Waals surface area (Å²) in [4.78, 5) is 37.3. The second-order valence-corrected chi connectivity index (χ2v) is 10.2. The number of hydrogen-bond donors (Lipinski definition) is 1. The number of amides is 2. The van der Waals surface area contributed by atoms with E-state index in [1.54, 1.807) is 6.07 Å². The number of nitrogens with zero attached hydrogens (tertiary/aromatic N) is 4. The van der Waals surface area contributed by atoms with Crippen LogP contribution in [0.4, 0.5) is 11.5 Å². The Kier molecular flexibility index (Phi) is 9.77. The summed E-state index contributed by atoms with van der Waals surface area (Å²) in [6.07, 6.45) is 3.78. The highest BCUT2D eigenvalue weighted by Crippen LogP contribution is 2.32. The van der Waals surface area contributed by atoms with Gasteiger partial charge in [-0.05, 0) is 56.6 Å². The van der Waals surface area contributed by atoms with E-state index in [0.717, 1.165) is 11.2 Å². The summed E-state index contributed by atoms with van der Waals surface area (Å²) >= 11 is 5.98. The number of carbonyl (C=O) groups excluding carboxylic acids is 2. The maximum Gasteiger partial charge on any atom is 0.269 e. The zero-order valence-electron chi connectivity index (χ0n) is 19.7. The maximum atomic E-state index is 13.9. The van der Waals surface area contributed by atoms with Crippen molar-refractivity contribution < 1.29 is 22.7 Å². The average Bonchev–Trinajstić information content (AvgIpc) is 2.79. The van der Waals surface area contributed by atoms with E-state index in [1.165, 1.54) is 48.8 Å². The zero-order chi connectivity index (χ0) is 25.8. The van der Waals surface area contributed by atoms with Gasteiger partial charge in [0, 0.05) is 25.2 Å². The highest BCUT2D eigenvalue weighted by molar-refractivity contribution is 7.90. The minimum atomic E-state index is -3.57. The van der Waals surface area contributed by atoms with Gasteiger partial charge in [-0.15, -0.1) is 12.4 Å². The van der Waals surface area contributed by atoms with Crippen LogP contribution in [0.5, 0.6) is 5.75 Å². The van der Waals surface area contributed by atoms with Crippen LogP contribution in [0.15, 0.2) is 59.8 Å². The molecule has 0 atom stereocenters. The molecule has 13 heteroatoms. The fourth-order valence-electron chi connectivity index (χ4n) is 3.09. The first kappa shape index (κ1) is 29.0. The van der Waals surface area contributed by atoms with Crippen molar-refractivity contribution in [3.05, 3.63) is 71.1 Å². The van der Waals surface area contributed by atoms with Crippen molar-refractivity contribution in [1.82, 2.24) is 14.9 Å². The second kappa shape index (κ2) is 12.1. The molecule has 3 aromatic rings. The number of carbonyl (C=O) groups is 2. The first-order chi connectivity index (χ1) is 16.5. The molecule has 0 bridgehead atoms. The fourth-order valence-corrected chi connectivity index (χ4v) is 3.84. The van der Waals surface area contributed by atoms with Gasteiger partial charge in [-0.25, -0.2) is 18.4 Å². The number of rotatable bonds is 9. The van der Waals surface area contributed by atoms with Gasteiger partial charge in [-0.2, -0.15) is 0 Å². The van der Waals surface area contributed by atoms with Crippen LogP contribution < -0.4 is 15.4 Å². The summed E-state index contributed by atoms with van der Waals surface area (Å²) in [6.45, 7) is 0.715. The molecule has 2 N–H and O–H groups in total. The lowest BCUT2D eigenvalue weighted by atomic mass is 10.1. The molecule has 1 aromatic carbocycles. The number of anilines is 2. The molecule has 192 valence electrons. The Balaban J connectivity index is 0.00000456. The largest absolute Gasteiger partial charge is 0.491 e. The molecule has 0 saturated carbocycles. The first-order valence-corrected chi connectivity index (χ1v) is 12.6. The summed E-state index contributed by atoms with van der Waals surface area (Å²) in [7, 11) is 0.133. The molecule has 2 amide bonds. The summed E-state index contributed by atoms with van der Waals surface area (Å²) in [5.74, 6) is -1.29. The van der Waals surface area contributed by atoms with Gasteiger partial charge in [0.15, 0.2) is 15.5 Å². The Morgan fingerprint density at radius 2 is 1.83 bits per heavy atom. The van der Waals surface area contributed by atoms with Crippen molar-refractivity contribution in [3.8, 4) is 5.75 Å². The molecule has 36 heavy (non-hydrogen) atoms. The van der Waals surface area contributed by atoms with E-state index >= 15 is 0 Å². The number of likely N-dealkylation sites (N-methyl/N-ethyl adjacent to an activating group) is 1. The molecule has 2 heterocycles. The number of ether oxygens (including phenoxy) is 1. The first-order valence-electron chi connectivity index (χ1n) is 10.3. The third-order valence-electron chi connectivity index (χ3n) is 4.81. The number of hydrogen-bond acceptors (Lipinski definition) is 8. The lowest BCUT2D eigenvalue weighted by Gasteiger charge is -2.24. The molecule has 0 saturated heterocycles. The molecular formula is C23H25Cl2N5O5S. The lowest BCUT2D eigenvalue weighted by molar-refractivity contribution is 0.0993. The van der Waals surface area contributed by atoms with Crippen LogP contribution >= 0.6 is 24.0 Å². The third-order valence-corrected chi connectivity index (χ3v) is 6.15. The Bertz CT molecular complexity index is 1350. The number of nitrogens with two attached hydrogens (primary N) is 1. The molecule has 0 unspecified atom stereocenters. The predicted octanol–water partition coefficient (Wildman–Crippen LogP) is 2.97. The van der Waals surface area contributed by atoms with Crippen LogP contribution in [0.25, 0.3) is 0 Å². The van der Waals surface area contributed by atoms with Gasteiger partial charge in [0.05, 0.1) is 21.2 Å². The summed E-state index contributed by atoms with van der Waals surface area (Å²) in [5.41, 5.74) is 5.49. The van der Waals surface area contributed by atoms with Gasteiger partial charge in [0.25, 0.3) is 11.8 Å². The third kappa shape index (κ3) is 6.91. The predicted molar refractivity (Wildman–Crippen MR) is 139 cm³/mol. The monoisotopic (exact) mass is 553 g/mol. The molecule has 2 aromatic heterocycles. The smallest absolute Gasteiger partial charge is 0.269 e. The molecule has 0 aliphatic rings. The summed E-state index contributed by atoms with van der Waals surface area (Å²) in [6, 6.07) is 10.0. The molecule has 0 spiro atoms. The van der Waals surface area contributed by atoms with Crippen LogP contribution in [0.3, 0.4) is 0 Å². The minimum absolute atomic E-state index is 0.